The number of hydrogen-bond donors (Lipinski definition) is 2. The van der Waals surface area contributed by atoms with Crippen molar-refractivity contribution in [2.75, 3.05) is 13.2 Å². The predicted molar refractivity (Wildman–Crippen MR) is 77.5 cm³/mol. The van der Waals surface area contributed by atoms with E-state index in [0.717, 1.165) is 57.0 Å². The highest BCUT2D eigenvalue weighted by molar-refractivity contribution is 6.30. The van der Waals surface area contributed by atoms with Crippen LogP contribution in [-0.2, 0) is 17.7 Å². The summed E-state index contributed by atoms with van der Waals surface area (Å²) < 4.78 is 5.40. The third kappa shape index (κ3) is 4.20. The highest BCUT2D eigenvalue weighted by atomic mass is 35.5. The van der Waals surface area contributed by atoms with Crippen molar-refractivity contribution in [3.8, 4) is 0 Å². The number of ether oxygens (including phenoxy) is 1. The first-order valence-electron chi connectivity index (χ1n) is 7.19. The van der Waals surface area contributed by atoms with Crippen LogP contribution in [0.25, 0.3) is 0 Å². The average Bonchev–Trinajstić information content (AvgIpc) is 2.76. The van der Waals surface area contributed by atoms with E-state index in [-0.39, 0.29) is 5.54 Å². The molecule has 1 aliphatic rings. The molecular weight excluding hydrogens is 262 g/mol. The van der Waals surface area contributed by atoms with E-state index in [1.807, 2.05) is 0 Å². The molecule has 1 saturated heterocycles. The molecule has 1 fully saturated rings. The monoisotopic (exact) mass is 285 g/mol. The minimum atomic E-state index is 0.149. The van der Waals surface area contributed by atoms with Crippen LogP contribution >= 0.6 is 11.6 Å². The second-order valence-electron chi connectivity index (χ2n) is 5.58. The minimum absolute atomic E-state index is 0.149. The fourth-order valence-corrected chi connectivity index (χ4v) is 2.54. The summed E-state index contributed by atoms with van der Waals surface area (Å²) in [4.78, 5) is 7.72. The van der Waals surface area contributed by atoms with Crippen LogP contribution < -0.4 is 5.32 Å². The zero-order chi connectivity index (χ0) is 13.7. The maximum Gasteiger partial charge on any atom is 0.151 e. The van der Waals surface area contributed by atoms with Gasteiger partial charge < -0.3 is 15.0 Å². The van der Waals surface area contributed by atoms with Crippen LogP contribution in [0.15, 0.2) is 0 Å². The molecule has 0 atom stereocenters. The number of nitrogens with one attached hydrogen (secondary N) is 2. The first kappa shape index (κ1) is 14.8. The van der Waals surface area contributed by atoms with Crippen LogP contribution in [0.1, 0.15) is 51.0 Å². The van der Waals surface area contributed by atoms with E-state index in [2.05, 4.69) is 29.1 Å². The van der Waals surface area contributed by atoms with Gasteiger partial charge in [-0.1, -0.05) is 24.9 Å². The van der Waals surface area contributed by atoms with Gasteiger partial charge in [0, 0.05) is 31.7 Å². The van der Waals surface area contributed by atoms with Crippen molar-refractivity contribution in [1.29, 1.82) is 0 Å². The van der Waals surface area contributed by atoms with E-state index < -0.39 is 0 Å². The maximum atomic E-state index is 6.18. The maximum absolute atomic E-state index is 6.18. The third-order valence-electron chi connectivity index (χ3n) is 3.83. The molecule has 108 valence electrons. The standard InChI is InChI=1S/C14H24ClN3O/c1-3-4-5-12-17-11(13(15)18-12)10-16-14(2)6-8-19-9-7-14/h16H,3-10H2,1-2H3,(H,17,18). The van der Waals surface area contributed by atoms with E-state index in [0.29, 0.717) is 5.15 Å². The number of hydrogen-bond acceptors (Lipinski definition) is 3. The third-order valence-corrected chi connectivity index (χ3v) is 4.15. The lowest BCUT2D eigenvalue weighted by molar-refractivity contribution is 0.0445. The Morgan fingerprint density at radius 2 is 2.16 bits per heavy atom. The lowest BCUT2D eigenvalue weighted by Gasteiger charge is -2.34. The molecule has 0 amide bonds. The van der Waals surface area contributed by atoms with Gasteiger partial charge in [0.1, 0.15) is 5.82 Å². The molecule has 0 unspecified atom stereocenters. The van der Waals surface area contributed by atoms with E-state index in [1.54, 1.807) is 0 Å². The van der Waals surface area contributed by atoms with E-state index in [1.165, 1.54) is 6.42 Å². The Morgan fingerprint density at radius 1 is 1.42 bits per heavy atom. The fourth-order valence-electron chi connectivity index (χ4n) is 2.32. The summed E-state index contributed by atoms with van der Waals surface area (Å²) in [5, 5.41) is 4.19. The molecule has 1 aromatic rings. The van der Waals surface area contributed by atoms with Crippen molar-refractivity contribution in [1.82, 2.24) is 15.3 Å². The van der Waals surface area contributed by atoms with Crippen LogP contribution in [0.5, 0.6) is 0 Å². The summed E-state index contributed by atoms with van der Waals surface area (Å²) in [6.45, 7) is 6.84. The molecule has 0 aromatic carbocycles. The number of aromatic nitrogens is 2. The second-order valence-corrected chi connectivity index (χ2v) is 5.94. The van der Waals surface area contributed by atoms with Crippen LogP contribution in [0, 0.1) is 0 Å². The van der Waals surface area contributed by atoms with Gasteiger partial charge in [-0.3, -0.25) is 0 Å². The molecule has 2 heterocycles. The molecule has 4 nitrogen and oxygen atoms in total. The Balaban J connectivity index is 1.89. The van der Waals surface area contributed by atoms with Gasteiger partial charge in [-0.2, -0.15) is 0 Å². The van der Waals surface area contributed by atoms with Gasteiger partial charge in [-0.05, 0) is 26.2 Å². The highest BCUT2D eigenvalue weighted by Crippen LogP contribution is 2.21. The van der Waals surface area contributed by atoms with Crippen molar-refractivity contribution in [3.63, 3.8) is 0 Å². The summed E-state index contributed by atoms with van der Waals surface area (Å²) in [6.07, 6.45) is 5.37. The molecule has 2 rings (SSSR count). The summed E-state index contributed by atoms with van der Waals surface area (Å²) in [5.41, 5.74) is 1.15. The fraction of sp³-hybridized carbons (Fsp3) is 0.786. The van der Waals surface area contributed by atoms with Gasteiger partial charge >= 0.3 is 0 Å². The van der Waals surface area contributed by atoms with Crippen molar-refractivity contribution in [2.45, 2.75) is 58.0 Å². The Bertz CT molecular complexity index is 399. The van der Waals surface area contributed by atoms with Crippen molar-refractivity contribution in [3.05, 3.63) is 16.7 Å². The van der Waals surface area contributed by atoms with Gasteiger partial charge in [-0.15, -0.1) is 0 Å². The van der Waals surface area contributed by atoms with Crippen LogP contribution in [0.4, 0.5) is 0 Å². The normalized spacial score (nSPS) is 18.7. The first-order valence-corrected chi connectivity index (χ1v) is 7.57. The molecule has 0 bridgehead atoms. The Morgan fingerprint density at radius 3 is 2.84 bits per heavy atom. The zero-order valence-electron chi connectivity index (χ0n) is 11.9. The number of aryl methyl sites for hydroxylation is 1. The topological polar surface area (TPSA) is 49.9 Å². The smallest absolute Gasteiger partial charge is 0.151 e. The van der Waals surface area contributed by atoms with Crippen molar-refractivity contribution >= 4 is 11.6 Å². The van der Waals surface area contributed by atoms with E-state index >= 15 is 0 Å². The van der Waals surface area contributed by atoms with E-state index in [9.17, 15) is 0 Å². The van der Waals surface area contributed by atoms with Crippen molar-refractivity contribution < 1.29 is 4.74 Å². The van der Waals surface area contributed by atoms with Gasteiger partial charge in [0.15, 0.2) is 5.15 Å². The molecule has 1 aromatic heterocycles. The van der Waals surface area contributed by atoms with Crippen LogP contribution in [0.2, 0.25) is 5.15 Å². The Kier molecular flexibility index (Phi) is 5.25. The molecule has 2 N–H and O–H groups in total. The number of aromatic amines is 1. The zero-order valence-corrected chi connectivity index (χ0v) is 12.6. The summed E-state index contributed by atoms with van der Waals surface area (Å²) >= 11 is 6.18. The van der Waals surface area contributed by atoms with Gasteiger partial charge in [0.05, 0.1) is 5.69 Å². The van der Waals surface area contributed by atoms with Gasteiger partial charge in [0.25, 0.3) is 0 Å². The average molecular weight is 286 g/mol. The first-order chi connectivity index (χ1) is 9.13. The molecule has 0 radical (unpaired) electrons. The molecular formula is C14H24ClN3O. The number of imidazole rings is 1. The molecule has 0 saturated carbocycles. The second kappa shape index (κ2) is 6.73. The van der Waals surface area contributed by atoms with Crippen LogP contribution in [0.3, 0.4) is 0 Å². The minimum Gasteiger partial charge on any atom is -0.381 e. The number of nitrogens with zero attached hydrogens (tertiary/aromatic N) is 1. The van der Waals surface area contributed by atoms with E-state index in [4.69, 9.17) is 16.3 Å². The molecule has 19 heavy (non-hydrogen) atoms. The Labute approximate surface area is 120 Å². The number of H-pyrrole nitrogens is 1. The summed E-state index contributed by atoms with van der Waals surface area (Å²) in [5.74, 6) is 1.00. The number of halogens is 1. The Hall–Kier alpha value is -0.580. The lowest BCUT2D eigenvalue weighted by atomic mass is 9.92. The van der Waals surface area contributed by atoms with Gasteiger partial charge in [0.2, 0.25) is 0 Å². The lowest BCUT2D eigenvalue weighted by Crippen LogP contribution is -2.46. The summed E-state index contributed by atoms with van der Waals surface area (Å²) in [7, 11) is 0. The molecule has 0 spiro atoms. The molecule has 5 heteroatoms. The largest absolute Gasteiger partial charge is 0.381 e. The van der Waals surface area contributed by atoms with Crippen molar-refractivity contribution in [2.24, 2.45) is 0 Å². The number of rotatable bonds is 6. The van der Waals surface area contributed by atoms with Crippen LogP contribution in [-0.4, -0.2) is 28.7 Å². The molecule has 1 aliphatic heterocycles. The predicted octanol–water partition coefficient (Wildman–Crippen LogP) is 3.06. The van der Waals surface area contributed by atoms with Gasteiger partial charge in [-0.25, -0.2) is 4.98 Å². The summed E-state index contributed by atoms with van der Waals surface area (Å²) in [6, 6.07) is 0. The SMILES string of the molecule is CCCCc1nc(Cl)c(CNC2(C)CCOCC2)[nH]1. The quantitative estimate of drug-likeness (QED) is 0.844. The number of unbranched alkanes of at least 4 members (excludes halogenated alkanes) is 1. The highest BCUT2D eigenvalue weighted by Gasteiger charge is 2.26. The molecule has 0 aliphatic carbocycles.